The third-order valence-corrected chi connectivity index (χ3v) is 4.30. The van der Waals surface area contributed by atoms with E-state index in [2.05, 4.69) is 25.1 Å². The van der Waals surface area contributed by atoms with E-state index in [0.29, 0.717) is 4.99 Å². The first-order valence-electron chi connectivity index (χ1n) is 7.40. The molecule has 6 heteroatoms. The molecule has 2 saturated heterocycles. The second-order valence-electron chi connectivity index (χ2n) is 5.45. The van der Waals surface area contributed by atoms with Crippen LogP contribution in [0.3, 0.4) is 0 Å². The van der Waals surface area contributed by atoms with Crippen molar-refractivity contribution in [2.24, 2.45) is 0 Å². The highest BCUT2D eigenvalue weighted by Crippen LogP contribution is 2.16. The van der Waals surface area contributed by atoms with Crippen LogP contribution in [0.5, 0.6) is 0 Å². The number of hydrogen-bond acceptors (Lipinski definition) is 5. The van der Waals surface area contributed by atoms with Crippen LogP contribution in [0, 0.1) is 0 Å². The zero-order valence-corrected chi connectivity index (χ0v) is 12.5. The van der Waals surface area contributed by atoms with Crippen LogP contribution in [-0.2, 0) is 0 Å². The van der Waals surface area contributed by atoms with Crippen LogP contribution in [0.4, 0.5) is 5.82 Å². The minimum Gasteiger partial charge on any atom is -0.362 e. The molecule has 2 aliphatic rings. The molecule has 3 rings (SSSR count). The van der Waals surface area contributed by atoms with Crippen molar-refractivity contribution in [3.8, 4) is 0 Å². The molecular weight excluding hydrogens is 270 g/mol. The Morgan fingerprint density at radius 3 is 2.55 bits per heavy atom. The Labute approximate surface area is 125 Å². The van der Waals surface area contributed by atoms with Crippen molar-refractivity contribution in [1.82, 2.24) is 20.2 Å². The van der Waals surface area contributed by atoms with Crippen molar-refractivity contribution in [2.75, 3.05) is 37.7 Å². The highest BCUT2D eigenvalue weighted by atomic mass is 32.1. The van der Waals surface area contributed by atoms with E-state index in [0.717, 1.165) is 44.4 Å². The van der Waals surface area contributed by atoms with Gasteiger partial charge in [0.2, 0.25) is 0 Å². The number of nitrogens with zero attached hydrogens (tertiary/aromatic N) is 4. The monoisotopic (exact) mass is 291 g/mol. The summed E-state index contributed by atoms with van der Waals surface area (Å²) in [5.41, 5.74) is 0.781. The Hall–Kier alpha value is -1.27. The molecule has 1 aromatic rings. The summed E-state index contributed by atoms with van der Waals surface area (Å²) in [7, 11) is 0. The van der Waals surface area contributed by atoms with Gasteiger partial charge >= 0.3 is 0 Å². The topological polar surface area (TPSA) is 44.3 Å². The van der Waals surface area contributed by atoms with Crippen molar-refractivity contribution in [1.29, 1.82) is 0 Å². The Balaban J connectivity index is 1.60. The van der Waals surface area contributed by atoms with Gasteiger partial charge in [0.25, 0.3) is 0 Å². The van der Waals surface area contributed by atoms with E-state index in [1.807, 2.05) is 6.20 Å². The van der Waals surface area contributed by atoms with Gasteiger partial charge in [0.1, 0.15) is 16.5 Å². The summed E-state index contributed by atoms with van der Waals surface area (Å²) in [5, 5.41) is 3.30. The van der Waals surface area contributed by atoms with Gasteiger partial charge in [0.15, 0.2) is 0 Å². The molecule has 5 nitrogen and oxygen atoms in total. The molecule has 0 amide bonds. The summed E-state index contributed by atoms with van der Waals surface area (Å²) in [6.07, 6.45) is 8.64. The Morgan fingerprint density at radius 1 is 1.10 bits per heavy atom. The highest BCUT2D eigenvalue weighted by Gasteiger charge is 2.16. The van der Waals surface area contributed by atoms with Crippen LogP contribution in [0.25, 0.3) is 0 Å². The SMILES string of the molecule is S=C(NCN1CCCC1)c1cncc(N2CCCC2)n1. The summed E-state index contributed by atoms with van der Waals surface area (Å²) in [6, 6.07) is 0. The maximum absolute atomic E-state index is 5.43. The van der Waals surface area contributed by atoms with Gasteiger partial charge in [-0.15, -0.1) is 0 Å². The number of nitrogens with one attached hydrogen (secondary N) is 1. The summed E-state index contributed by atoms with van der Waals surface area (Å²) >= 11 is 5.43. The number of anilines is 1. The Kier molecular flexibility index (Phi) is 4.42. The lowest BCUT2D eigenvalue weighted by Crippen LogP contribution is -2.36. The molecule has 2 aliphatic heterocycles. The molecule has 3 heterocycles. The number of rotatable bonds is 4. The van der Waals surface area contributed by atoms with Gasteiger partial charge in [0, 0.05) is 13.1 Å². The van der Waals surface area contributed by atoms with Gasteiger partial charge in [-0.1, -0.05) is 12.2 Å². The van der Waals surface area contributed by atoms with Gasteiger partial charge in [-0.2, -0.15) is 0 Å². The second kappa shape index (κ2) is 6.45. The maximum Gasteiger partial charge on any atom is 0.147 e. The molecule has 0 aromatic carbocycles. The van der Waals surface area contributed by atoms with E-state index in [1.54, 1.807) is 6.20 Å². The normalized spacial score (nSPS) is 19.5. The Morgan fingerprint density at radius 2 is 1.80 bits per heavy atom. The minimum atomic E-state index is 0.699. The second-order valence-corrected chi connectivity index (χ2v) is 5.85. The number of thiocarbonyl (C=S) groups is 1. The molecular formula is C14H21N5S. The van der Waals surface area contributed by atoms with Crippen LogP contribution in [-0.4, -0.2) is 52.7 Å². The predicted octanol–water partition coefficient (Wildman–Crippen LogP) is 1.40. The molecule has 0 bridgehead atoms. The van der Waals surface area contributed by atoms with Gasteiger partial charge in [-0.25, -0.2) is 4.98 Å². The molecule has 108 valence electrons. The summed E-state index contributed by atoms with van der Waals surface area (Å²) in [5.74, 6) is 0.949. The van der Waals surface area contributed by atoms with Gasteiger partial charge < -0.3 is 10.2 Å². The van der Waals surface area contributed by atoms with E-state index < -0.39 is 0 Å². The fraction of sp³-hybridized carbons (Fsp3) is 0.643. The lowest BCUT2D eigenvalue weighted by Gasteiger charge is -2.18. The van der Waals surface area contributed by atoms with Crippen LogP contribution in [0.15, 0.2) is 12.4 Å². The van der Waals surface area contributed by atoms with Crippen LogP contribution >= 0.6 is 12.2 Å². The third-order valence-electron chi connectivity index (χ3n) is 3.95. The van der Waals surface area contributed by atoms with Crippen molar-refractivity contribution in [3.05, 3.63) is 18.1 Å². The van der Waals surface area contributed by atoms with E-state index >= 15 is 0 Å². The fourth-order valence-electron chi connectivity index (χ4n) is 2.78. The zero-order chi connectivity index (χ0) is 13.8. The van der Waals surface area contributed by atoms with Crippen molar-refractivity contribution >= 4 is 23.0 Å². The van der Waals surface area contributed by atoms with Crippen LogP contribution in [0.2, 0.25) is 0 Å². The minimum absolute atomic E-state index is 0.699. The summed E-state index contributed by atoms with van der Waals surface area (Å²) in [4.78, 5) is 14.3. The van der Waals surface area contributed by atoms with Crippen LogP contribution < -0.4 is 10.2 Å². The zero-order valence-electron chi connectivity index (χ0n) is 11.7. The van der Waals surface area contributed by atoms with Crippen molar-refractivity contribution in [3.63, 3.8) is 0 Å². The van der Waals surface area contributed by atoms with E-state index in [4.69, 9.17) is 12.2 Å². The lowest BCUT2D eigenvalue weighted by atomic mass is 10.4. The molecule has 0 saturated carbocycles. The molecule has 1 N–H and O–H groups in total. The van der Waals surface area contributed by atoms with E-state index in [9.17, 15) is 0 Å². The number of hydrogen-bond donors (Lipinski definition) is 1. The molecule has 20 heavy (non-hydrogen) atoms. The van der Waals surface area contributed by atoms with Gasteiger partial charge in [0.05, 0.1) is 19.1 Å². The van der Waals surface area contributed by atoms with Gasteiger partial charge in [-0.3, -0.25) is 9.88 Å². The number of likely N-dealkylation sites (tertiary alicyclic amines) is 1. The average Bonchev–Trinajstić information content (AvgIpc) is 3.18. The lowest BCUT2D eigenvalue weighted by molar-refractivity contribution is 0.333. The van der Waals surface area contributed by atoms with Crippen LogP contribution in [0.1, 0.15) is 31.4 Å². The highest BCUT2D eigenvalue weighted by molar-refractivity contribution is 7.80. The maximum atomic E-state index is 5.43. The van der Waals surface area contributed by atoms with Gasteiger partial charge in [-0.05, 0) is 38.8 Å². The molecule has 0 radical (unpaired) electrons. The van der Waals surface area contributed by atoms with E-state index in [-0.39, 0.29) is 0 Å². The first kappa shape index (κ1) is 13.7. The third kappa shape index (κ3) is 3.24. The molecule has 0 atom stereocenters. The van der Waals surface area contributed by atoms with E-state index in [1.165, 1.54) is 25.7 Å². The first-order chi connectivity index (χ1) is 9.83. The molecule has 0 unspecified atom stereocenters. The first-order valence-corrected chi connectivity index (χ1v) is 7.81. The fourth-order valence-corrected chi connectivity index (χ4v) is 2.94. The molecule has 2 fully saturated rings. The smallest absolute Gasteiger partial charge is 0.147 e. The molecule has 0 spiro atoms. The summed E-state index contributed by atoms with van der Waals surface area (Å²) < 4.78 is 0. The quantitative estimate of drug-likeness (QED) is 0.846. The average molecular weight is 291 g/mol. The van der Waals surface area contributed by atoms with Crippen molar-refractivity contribution in [2.45, 2.75) is 25.7 Å². The standard InChI is InChI=1S/C14H21N5S/c20-14(16-11-18-5-1-2-6-18)12-9-15-10-13(17-12)19-7-3-4-8-19/h9-10H,1-8,11H2,(H,16,20). The number of aromatic nitrogens is 2. The Bertz CT molecular complexity index is 466. The predicted molar refractivity (Wildman–Crippen MR) is 84.0 cm³/mol. The van der Waals surface area contributed by atoms with Crippen molar-refractivity contribution < 1.29 is 0 Å². The largest absolute Gasteiger partial charge is 0.362 e. The molecule has 1 aromatic heterocycles. The summed E-state index contributed by atoms with van der Waals surface area (Å²) in [6.45, 7) is 5.29. The molecule has 0 aliphatic carbocycles.